The first-order chi connectivity index (χ1) is 10.1. The number of ether oxygens (including phenoxy) is 1. The molecule has 0 unspecified atom stereocenters. The number of carbonyl (C=O) groups excluding carboxylic acids is 1. The number of morpholine rings is 1. The number of nitrogens with zero attached hydrogens (tertiary/aromatic N) is 4. The second-order valence-corrected chi connectivity index (χ2v) is 6.09. The van der Waals surface area contributed by atoms with E-state index in [1.807, 2.05) is 11.1 Å². The van der Waals surface area contributed by atoms with E-state index in [-0.39, 0.29) is 5.91 Å². The third kappa shape index (κ3) is 3.15. The van der Waals surface area contributed by atoms with Gasteiger partial charge in [-0.25, -0.2) is 9.97 Å². The van der Waals surface area contributed by atoms with Gasteiger partial charge < -0.3 is 14.5 Å². The number of hydrogen-bond acceptors (Lipinski definition) is 5. The Hall–Kier alpha value is -1.69. The Bertz CT molecular complexity index is 526. The summed E-state index contributed by atoms with van der Waals surface area (Å²) in [5, 5.41) is 0. The number of hydrogen-bond donors (Lipinski definition) is 0. The average molecular weight is 290 g/mol. The van der Waals surface area contributed by atoms with Crippen LogP contribution in [0.3, 0.4) is 0 Å². The fourth-order valence-corrected chi connectivity index (χ4v) is 2.71. The lowest BCUT2D eigenvalue weighted by atomic mass is 10.1. The predicted molar refractivity (Wildman–Crippen MR) is 78.8 cm³/mol. The molecule has 0 N–H and O–H groups in total. The Labute approximate surface area is 125 Å². The van der Waals surface area contributed by atoms with Crippen molar-refractivity contribution in [3.05, 3.63) is 17.5 Å². The number of rotatable bonds is 3. The zero-order chi connectivity index (χ0) is 14.8. The van der Waals surface area contributed by atoms with Crippen molar-refractivity contribution in [1.82, 2.24) is 14.9 Å². The Kier molecular flexibility index (Phi) is 4.05. The van der Waals surface area contributed by atoms with Gasteiger partial charge in [0.25, 0.3) is 0 Å². The summed E-state index contributed by atoms with van der Waals surface area (Å²) >= 11 is 0. The van der Waals surface area contributed by atoms with Crippen molar-refractivity contribution in [2.75, 3.05) is 31.2 Å². The van der Waals surface area contributed by atoms with E-state index in [9.17, 15) is 4.79 Å². The summed E-state index contributed by atoms with van der Waals surface area (Å²) in [5.74, 6) is 1.35. The van der Waals surface area contributed by atoms with Crippen LogP contribution in [-0.2, 0) is 22.6 Å². The van der Waals surface area contributed by atoms with E-state index in [4.69, 9.17) is 4.74 Å². The molecule has 21 heavy (non-hydrogen) atoms. The zero-order valence-electron chi connectivity index (χ0n) is 12.7. The molecule has 1 amide bonds. The maximum atomic E-state index is 12.2. The first-order valence-electron chi connectivity index (χ1n) is 7.58. The quantitative estimate of drug-likeness (QED) is 0.837. The molecule has 0 aliphatic carbocycles. The molecular weight excluding hydrogens is 268 g/mol. The van der Waals surface area contributed by atoms with E-state index in [1.54, 1.807) is 0 Å². The summed E-state index contributed by atoms with van der Waals surface area (Å²) in [6, 6.07) is 0. The fraction of sp³-hybridized carbons (Fsp3) is 0.667. The minimum Gasteiger partial charge on any atom is -0.378 e. The normalized spacial score (nSPS) is 18.2. The van der Waals surface area contributed by atoms with Gasteiger partial charge in [-0.05, 0) is 5.92 Å². The van der Waals surface area contributed by atoms with Crippen molar-refractivity contribution in [2.45, 2.75) is 33.4 Å². The maximum absolute atomic E-state index is 12.2. The standard InChI is InChI=1S/C15H22N4O2/c1-11(2)7-14(20)19-9-12-8-16-15(17-13(12)10-19)18-3-5-21-6-4-18/h8,11H,3-7,9-10H2,1-2H3. The molecule has 114 valence electrons. The summed E-state index contributed by atoms with van der Waals surface area (Å²) in [7, 11) is 0. The number of carbonyl (C=O) groups is 1. The molecule has 3 heterocycles. The van der Waals surface area contributed by atoms with E-state index in [1.165, 1.54) is 0 Å². The van der Waals surface area contributed by atoms with Crippen molar-refractivity contribution >= 4 is 11.9 Å². The van der Waals surface area contributed by atoms with Crippen LogP contribution in [0.2, 0.25) is 0 Å². The van der Waals surface area contributed by atoms with Gasteiger partial charge in [0.05, 0.1) is 25.5 Å². The van der Waals surface area contributed by atoms with Gasteiger partial charge in [-0.2, -0.15) is 0 Å². The molecule has 0 saturated carbocycles. The number of amides is 1. The summed E-state index contributed by atoms with van der Waals surface area (Å²) in [5.41, 5.74) is 2.06. The lowest BCUT2D eigenvalue weighted by Crippen LogP contribution is -2.37. The van der Waals surface area contributed by atoms with Crippen LogP contribution in [-0.4, -0.2) is 47.1 Å². The summed E-state index contributed by atoms with van der Waals surface area (Å²) in [4.78, 5) is 25.3. The predicted octanol–water partition coefficient (Wildman–Crippen LogP) is 1.20. The van der Waals surface area contributed by atoms with Crippen LogP contribution < -0.4 is 4.90 Å². The topological polar surface area (TPSA) is 58.6 Å². The molecule has 0 radical (unpaired) electrons. The molecule has 1 fully saturated rings. The van der Waals surface area contributed by atoms with Crippen molar-refractivity contribution in [3.8, 4) is 0 Å². The average Bonchev–Trinajstić information content (AvgIpc) is 2.90. The monoisotopic (exact) mass is 290 g/mol. The number of aromatic nitrogens is 2. The van der Waals surface area contributed by atoms with Crippen molar-refractivity contribution in [1.29, 1.82) is 0 Å². The van der Waals surface area contributed by atoms with E-state index >= 15 is 0 Å². The SMILES string of the molecule is CC(C)CC(=O)N1Cc2cnc(N3CCOCC3)nc2C1. The fourth-order valence-electron chi connectivity index (χ4n) is 2.71. The first-order valence-corrected chi connectivity index (χ1v) is 7.58. The van der Waals surface area contributed by atoms with Crippen molar-refractivity contribution < 1.29 is 9.53 Å². The van der Waals surface area contributed by atoms with Crippen molar-refractivity contribution in [3.63, 3.8) is 0 Å². The number of fused-ring (bicyclic) bond motifs is 1. The Balaban J connectivity index is 1.70. The molecule has 0 spiro atoms. The molecule has 2 aliphatic rings. The highest BCUT2D eigenvalue weighted by molar-refractivity contribution is 5.77. The second kappa shape index (κ2) is 5.97. The van der Waals surface area contributed by atoms with Gasteiger partial charge in [0.1, 0.15) is 0 Å². The third-order valence-electron chi connectivity index (χ3n) is 3.87. The van der Waals surface area contributed by atoms with Crippen LogP contribution >= 0.6 is 0 Å². The van der Waals surface area contributed by atoms with E-state index in [0.29, 0.717) is 25.4 Å². The van der Waals surface area contributed by atoms with Gasteiger partial charge in [-0.3, -0.25) is 4.79 Å². The lowest BCUT2D eigenvalue weighted by molar-refractivity contribution is -0.132. The van der Waals surface area contributed by atoms with Gasteiger partial charge >= 0.3 is 0 Å². The summed E-state index contributed by atoms with van der Waals surface area (Å²) < 4.78 is 5.35. The smallest absolute Gasteiger partial charge is 0.225 e. The van der Waals surface area contributed by atoms with Crippen LogP contribution in [0.25, 0.3) is 0 Å². The molecule has 0 aromatic carbocycles. The molecule has 0 atom stereocenters. The first kappa shape index (κ1) is 14.3. The van der Waals surface area contributed by atoms with Gasteiger partial charge in [0.2, 0.25) is 11.9 Å². The van der Waals surface area contributed by atoms with Gasteiger partial charge in [0, 0.05) is 37.8 Å². The Morgan fingerprint density at radius 2 is 2.10 bits per heavy atom. The minimum atomic E-state index is 0.205. The molecule has 0 bridgehead atoms. The molecule has 1 saturated heterocycles. The molecule has 3 rings (SSSR count). The highest BCUT2D eigenvalue weighted by Crippen LogP contribution is 2.24. The van der Waals surface area contributed by atoms with Gasteiger partial charge in [-0.15, -0.1) is 0 Å². The molecule has 6 heteroatoms. The highest BCUT2D eigenvalue weighted by atomic mass is 16.5. The summed E-state index contributed by atoms with van der Waals surface area (Å²) in [6.07, 6.45) is 2.47. The zero-order valence-corrected chi connectivity index (χ0v) is 12.7. The lowest BCUT2D eigenvalue weighted by Gasteiger charge is -2.26. The van der Waals surface area contributed by atoms with E-state index < -0.39 is 0 Å². The van der Waals surface area contributed by atoms with Crippen LogP contribution in [0.1, 0.15) is 31.5 Å². The highest BCUT2D eigenvalue weighted by Gasteiger charge is 2.26. The molecular formula is C15H22N4O2. The molecule has 1 aromatic heterocycles. The number of anilines is 1. The van der Waals surface area contributed by atoms with E-state index in [2.05, 4.69) is 28.7 Å². The van der Waals surface area contributed by atoms with Gasteiger partial charge in [0.15, 0.2) is 0 Å². The Morgan fingerprint density at radius 1 is 1.33 bits per heavy atom. The molecule has 6 nitrogen and oxygen atoms in total. The van der Waals surface area contributed by atoms with E-state index in [0.717, 1.165) is 43.5 Å². The second-order valence-electron chi connectivity index (χ2n) is 6.09. The van der Waals surface area contributed by atoms with Crippen LogP contribution in [0.5, 0.6) is 0 Å². The molecule has 1 aromatic rings. The summed E-state index contributed by atoms with van der Waals surface area (Å²) in [6.45, 7) is 8.49. The van der Waals surface area contributed by atoms with Crippen LogP contribution in [0.4, 0.5) is 5.95 Å². The van der Waals surface area contributed by atoms with Crippen LogP contribution in [0.15, 0.2) is 6.20 Å². The third-order valence-corrected chi connectivity index (χ3v) is 3.87. The van der Waals surface area contributed by atoms with Crippen LogP contribution in [0, 0.1) is 5.92 Å². The largest absolute Gasteiger partial charge is 0.378 e. The maximum Gasteiger partial charge on any atom is 0.225 e. The Morgan fingerprint density at radius 3 is 2.81 bits per heavy atom. The van der Waals surface area contributed by atoms with Crippen molar-refractivity contribution in [2.24, 2.45) is 5.92 Å². The minimum absolute atomic E-state index is 0.205. The molecule has 2 aliphatic heterocycles. The van der Waals surface area contributed by atoms with Gasteiger partial charge in [-0.1, -0.05) is 13.8 Å².